The van der Waals surface area contributed by atoms with E-state index < -0.39 is 5.60 Å². The number of carbonyl (C=O) groups is 1. The number of piperidine rings is 1. The van der Waals surface area contributed by atoms with Crippen molar-refractivity contribution in [1.29, 1.82) is 0 Å². The highest BCUT2D eigenvalue weighted by molar-refractivity contribution is 5.87. The molecule has 1 amide bonds. The standard InChI is InChI=1S/C25H41N3O2/c1-19(2)18-27-16-10-9-13-22(27)20-14-15-23(26-17-20)28(21-11-7-6-8-12-21)24(29)30-25(3,4)5/h14-15,17,19,21-22H,6-13,16,18H2,1-5H3/t22-/m0/s1. The Morgan fingerprint density at radius 3 is 2.43 bits per heavy atom. The Labute approximate surface area is 183 Å². The second kappa shape index (κ2) is 10.1. The van der Waals surface area contributed by atoms with E-state index in [-0.39, 0.29) is 12.1 Å². The molecule has 1 aromatic heterocycles. The highest BCUT2D eigenvalue weighted by Gasteiger charge is 2.32. The summed E-state index contributed by atoms with van der Waals surface area (Å²) in [7, 11) is 0. The number of anilines is 1. The van der Waals surface area contributed by atoms with Crippen molar-refractivity contribution in [3.05, 3.63) is 23.9 Å². The summed E-state index contributed by atoms with van der Waals surface area (Å²) >= 11 is 0. The van der Waals surface area contributed by atoms with Crippen LogP contribution in [0.3, 0.4) is 0 Å². The summed E-state index contributed by atoms with van der Waals surface area (Å²) in [5, 5.41) is 0. The van der Waals surface area contributed by atoms with Gasteiger partial charge in [-0.3, -0.25) is 9.80 Å². The summed E-state index contributed by atoms with van der Waals surface area (Å²) < 4.78 is 5.75. The van der Waals surface area contributed by atoms with E-state index in [0.29, 0.717) is 12.0 Å². The molecule has 1 saturated heterocycles. The molecular weight excluding hydrogens is 374 g/mol. The summed E-state index contributed by atoms with van der Waals surface area (Å²) in [6.45, 7) is 12.6. The molecule has 3 rings (SSSR count). The van der Waals surface area contributed by atoms with Crippen LogP contribution in [0.5, 0.6) is 0 Å². The number of likely N-dealkylation sites (tertiary alicyclic amines) is 1. The lowest BCUT2D eigenvalue weighted by molar-refractivity contribution is 0.0556. The van der Waals surface area contributed by atoms with Crippen molar-refractivity contribution >= 4 is 11.9 Å². The summed E-state index contributed by atoms with van der Waals surface area (Å²) in [5.74, 6) is 1.39. The zero-order valence-corrected chi connectivity index (χ0v) is 19.7. The molecule has 2 heterocycles. The van der Waals surface area contributed by atoms with Gasteiger partial charge in [0.05, 0.1) is 0 Å². The normalized spacial score (nSPS) is 21.6. The number of hydrogen-bond acceptors (Lipinski definition) is 4. The molecule has 168 valence electrons. The van der Waals surface area contributed by atoms with Gasteiger partial charge < -0.3 is 4.74 Å². The minimum Gasteiger partial charge on any atom is -0.443 e. The third-order valence-corrected chi connectivity index (χ3v) is 6.15. The van der Waals surface area contributed by atoms with Crippen LogP contribution in [-0.4, -0.2) is 40.7 Å². The minimum absolute atomic E-state index is 0.180. The molecule has 2 fully saturated rings. The average molecular weight is 416 g/mol. The van der Waals surface area contributed by atoms with Crippen LogP contribution in [0.4, 0.5) is 10.6 Å². The lowest BCUT2D eigenvalue weighted by Gasteiger charge is -2.37. The van der Waals surface area contributed by atoms with Crippen molar-refractivity contribution in [2.75, 3.05) is 18.0 Å². The average Bonchev–Trinajstić information content (AvgIpc) is 2.68. The van der Waals surface area contributed by atoms with Crippen LogP contribution < -0.4 is 4.90 Å². The highest BCUT2D eigenvalue weighted by atomic mass is 16.6. The van der Waals surface area contributed by atoms with Crippen molar-refractivity contribution in [1.82, 2.24) is 9.88 Å². The van der Waals surface area contributed by atoms with Gasteiger partial charge in [-0.25, -0.2) is 9.78 Å². The van der Waals surface area contributed by atoms with Crippen molar-refractivity contribution in [2.24, 2.45) is 5.92 Å². The second-order valence-electron chi connectivity index (χ2n) is 10.5. The van der Waals surface area contributed by atoms with E-state index in [2.05, 4.69) is 24.8 Å². The number of nitrogens with zero attached hydrogens (tertiary/aromatic N) is 3. The zero-order valence-electron chi connectivity index (χ0n) is 19.7. The SMILES string of the molecule is CC(C)CN1CCCC[C@H]1c1ccc(N(C(=O)OC(C)(C)C)C2CCCCC2)nc1. The molecule has 5 heteroatoms. The van der Waals surface area contributed by atoms with Gasteiger partial charge in [-0.05, 0) is 70.5 Å². The van der Waals surface area contributed by atoms with Gasteiger partial charge in [-0.1, -0.05) is 45.6 Å². The van der Waals surface area contributed by atoms with Crippen molar-refractivity contribution in [3.8, 4) is 0 Å². The molecule has 1 aromatic rings. The van der Waals surface area contributed by atoms with Crippen molar-refractivity contribution in [2.45, 2.75) is 104 Å². The van der Waals surface area contributed by atoms with Crippen LogP contribution in [0.2, 0.25) is 0 Å². The van der Waals surface area contributed by atoms with Gasteiger partial charge in [0.15, 0.2) is 0 Å². The van der Waals surface area contributed by atoms with E-state index in [1.807, 2.05) is 37.9 Å². The first-order valence-electron chi connectivity index (χ1n) is 12.0. The van der Waals surface area contributed by atoms with E-state index >= 15 is 0 Å². The number of ether oxygens (including phenoxy) is 1. The van der Waals surface area contributed by atoms with Crippen LogP contribution in [0.15, 0.2) is 18.3 Å². The van der Waals surface area contributed by atoms with E-state index in [1.165, 1.54) is 31.2 Å². The Morgan fingerprint density at radius 1 is 1.13 bits per heavy atom. The lowest BCUT2D eigenvalue weighted by atomic mass is 9.94. The molecule has 1 aliphatic heterocycles. The molecule has 1 atom stereocenters. The van der Waals surface area contributed by atoms with E-state index in [1.54, 1.807) is 0 Å². The highest BCUT2D eigenvalue weighted by Crippen LogP contribution is 2.33. The molecule has 0 bridgehead atoms. The Kier molecular flexibility index (Phi) is 7.78. The van der Waals surface area contributed by atoms with Gasteiger partial charge in [0.1, 0.15) is 11.4 Å². The number of pyridine rings is 1. The third kappa shape index (κ3) is 6.19. The van der Waals surface area contributed by atoms with Gasteiger partial charge in [0.2, 0.25) is 0 Å². The Bertz CT molecular complexity index is 675. The maximum atomic E-state index is 13.1. The third-order valence-electron chi connectivity index (χ3n) is 6.15. The van der Waals surface area contributed by atoms with Gasteiger partial charge in [-0.15, -0.1) is 0 Å². The topological polar surface area (TPSA) is 45.7 Å². The fourth-order valence-corrected chi connectivity index (χ4v) is 4.87. The Morgan fingerprint density at radius 2 is 1.83 bits per heavy atom. The quantitative estimate of drug-likeness (QED) is 0.563. The predicted molar refractivity (Wildman–Crippen MR) is 123 cm³/mol. The molecule has 1 aliphatic carbocycles. The maximum Gasteiger partial charge on any atom is 0.416 e. The molecule has 0 aromatic carbocycles. The maximum absolute atomic E-state index is 13.1. The fraction of sp³-hybridized carbons (Fsp3) is 0.760. The van der Waals surface area contributed by atoms with Crippen LogP contribution in [0, 0.1) is 5.92 Å². The van der Waals surface area contributed by atoms with Gasteiger partial charge >= 0.3 is 6.09 Å². The predicted octanol–water partition coefficient (Wildman–Crippen LogP) is 6.34. The zero-order chi connectivity index (χ0) is 21.7. The molecule has 0 unspecified atom stereocenters. The summed E-state index contributed by atoms with van der Waals surface area (Å²) in [4.78, 5) is 22.3. The molecule has 5 nitrogen and oxygen atoms in total. The smallest absolute Gasteiger partial charge is 0.416 e. The van der Waals surface area contributed by atoms with Crippen molar-refractivity contribution < 1.29 is 9.53 Å². The first-order chi connectivity index (χ1) is 14.2. The molecule has 30 heavy (non-hydrogen) atoms. The Hall–Kier alpha value is -1.62. The van der Waals surface area contributed by atoms with Gasteiger partial charge in [0, 0.05) is 24.8 Å². The van der Waals surface area contributed by atoms with Crippen LogP contribution >= 0.6 is 0 Å². The van der Waals surface area contributed by atoms with E-state index in [9.17, 15) is 4.79 Å². The van der Waals surface area contributed by atoms with Crippen LogP contribution in [0.25, 0.3) is 0 Å². The molecule has 0 N–H and O–H groups in total. The van der Waals surface area contributed by atoms with Gasteiger partial charge in [0.25, 0.3) is 0 Å². The van der Waals surface area contributed by atoms with Crippen LogP contribution in [-0.2, 0) is 4.74 Å². The molecular formula is C25H41N3O2. The molecule has 1 saturated carbocycles. The number of amides is 1. The number of rotatable bonds is 5. The van der Waals surface area contributed by atoms with Crippen LogP contribution in [0.1, 0.15) is 97.6 Å². The fourth-order valence-electron chi connectivity index (χ4n) is 4.87. The van der Waals surface area contributed by atoms with Crippen molar-refractivity contribution in [3.63, 3.8) is 0 Å². The summed E-state index contributed by atoms with van der Waals surface area (Å²) in [6, 6.07) is 4.84. The number of hydrogen-bond donors (Lipinski definition) is 0. The number of aromatic nitrogens is 1. The minimum atomic E-state index is -0.511. The van der Waals surface area contributed by atoms with E-state index in [4.69, 9.17) is 9.72 Å². The van der Waals surface area contributed by atoms with E-state index in [0.717, 1.165) is 44.6 Å². The first-order valence-corrected chi connectivity index (χ1v) is 12.0. The summed E-state index contributed by atoms with van der Waals surface area (Å²) in [6.07, 6.45) is 11.1. The summed E-state index contributed by atoms with van der Waals surface area (Å²) in [5.41, 5.74) is 0.760. The second-order valence-corrected chi connectivity index (χ2v) is 10.5. The van der Waals surface area contributed by atoms with Gasteiger partial charge in [-0.2, -0.15) is 0 Å². The first kappa shape index (κ1) is 23.1. The Balaban J connectivity index is 1.81. The molecule has 0 spiro atoms. The molecule has 2 aliphatic rings. The monoisotopic (exact) mass is 415 g/mol. The molecule has 0 radical (unpaired) electrons. The number of carbonyl (C=O) groups excluding carboxylic acids is 1. The lowest BCUT2D eigenvalue weighted by Crippen LogP contribution is -2.45. The largest absolute Gasteiger partial charge is 0.443 e.